The molecule has 1 heteroatoms. The lowest BCUT2D eigenvalue weighted by molar-refractivity contribution is 0.474. The van der Waals surface area contributed by atoms with E-state index in [2.05, 4.69) is 6.04 Å². The van der Waals surface area contributed by atoms with Gasteiger partial charge >= 0.3 is 0 Å². The molecule has 7 heavy (non-hydrogen) atoms. The first-order valence-electron chi connectivity index (χ1n) is 2.53. The molecule has 0 atom stereocenters. The Hall–Kier alpha value is -0.640. The highest BCUT2D eigenvalue weighted by Gasteiger charge is 2.23. The summed E-state index contributed by atoms with van der Waals surface area (Å²) in [7, 11) is 1.96. The van der Waals surface area contributed by atoms with Gasteiger partial charge in [-0.2, -0.15) is 0 Å². The minimum atomic E-state index is 0.713. The first-order valence-corrected chi connectivity index (χ1v) is 2.53. The second kappa shape index (κ2) is 1.46. The van der Waals surface area contributed by atoms with E-state index in [1.54, 1.807) is 0 Å². The van der Waals surface area contributed by atoms with Crippen LogP contribution in [0.5, 0.6) is 0 Å². The van der Waals surface area contributed by atoms with Gasteiger partial charge in [-0.15, -0.1) is 0 Å². The van der Waals surface area contributed by atoms with Crippen LogP contribution in [0.25, 0.3) is 0 Å². The summed E-state index contributed by atoms with van der Waals surface area (Å²) in [5.41, 5.74) is 0. The van der Waals surface area contributed by atoms with Crippen molar-refractivity contribution in [2.24, 2.45) is 0 Å². The lowest BCUT2D eigenvalue weighted by Gasteiger charge is -2.05. The van der Waals surface area contributed by atoms with Gasteiger partial charge in [0, 0.05) is 19.1 Å². The molecule has 0 N–H and O–H groups in total. The van der Waals surface area contributed by atoms with Gasteiger partial charge in [0.2, 0.25) is 0 Å². The molecule has 1 nitrogen and oxygen atoms in total. The van der Waals surface area contributed by atoms with Crippen molar-refractivity contribution in [1.29, 1.82) is 0 Å². The lowest BCUT2D eigenvalue weighted by Crippen LogP contribution is -2.12. The van der Waals surface area contributed by atoms with E-state index in [9.17, 15) is 0 Å². The minimum Gasteiger partial charge on any atom is -0.333 e. The van der Waals surface area contributed by atoms with Gasteiger partial charge in [0.25, 0.3) is 0 Å². The highest BCUT2D eigenvalue weighted by atomic mass is 15.1. The highest BCUT2D eigenvalue weighted by molar-refractivity contribution is 4.93. The molecular formula is C6H9N. The summed E-state index contributed by atoms with van der Waals surface area (Å²) in [5.74, 6) is 0. The molecule has 0 heterocycles. The van der Waals surface area contributed by atoms with Crippen LogP contribution in [-0.2, 0) is 0 Å². The van der Waals surface area contributed by atoms with Crippen LogP contribution in [0.3, 0.4) is 0 Å². The molecule has 0 spiro atoms. The molecule has 1 aliphatic carbocycles. The van der Waals surface area contributed by atoms with E-state index in [1.807, 2.05) is 11.9 Å². The Kier molecular flexibility index (Phi) is 0.941. The van der Waals surface area contributed by atoms with E-state index in [4.69, 9.17) is 6.42 Å². The smallest absolute Gasteiger partial charge is 0.0369 e. The summed E-state index contributed by atoms with van der Waals surface area (Å²) in [6, 6.07) is 3.27. The molecule has 1 saturated carbocycles. The number of hydrogen-bond donors (Lipinski definition) is 0. The quantitative estimate of drug-likeness (QED) is 0.342. The molecule has 38 valence electrons. The molecular weight excluding hydrogens is 86.1 g/mol. The first-order chi connectivity index (χ1) is 3.34. The van der Waals surface area contributed by atoms with Crippen molar-refractivity contribution in [2.45, 2.75) is 18.9 Å². The van der Waals surface area contributed by atoms with Crippen LogP contribution < -0.4 is 0 Å². The van der Waals surface area contributed by atoms with Gasteiger partial charge < -0.3 is 4.90 Å². The third kappa shape index (κ3) is 0.866. The monoisotopic (exact) mass is 95.1 g/mol. The zero-order valence-electron chi connectivity index (χ0n) is 4.52. The van der Waals surface area contributed by atoms with Crippen LogP contribution in [0.1, 0.15) is 12.8 Å². The average Bonchev–Trinajstić information content (AvgIpc) is 2.44. The van der Waals surface area contributed by atoms with Gasteiger partial charge in [-0.25, -0.2) is 0 Å². The fraction of sp³-hybridized carbons (Fsp3) is 0.667. The Morgan fingerprint density at radius 1 is 1.71 bits per heavy atom. The average molecular weight is 95.1 g/mol. The van der Waals surface area contributed by atoms with Crippen molar-refractivity contribution in [1.82, 2.24) is 4.90 Å². The molecule has 0 aromatic rings. The van der Waals surface area contributed by atoms with Crippen LogP contribution in [0.4, 0.5) is 0 Å². The van der Waals surface area contributed by atoms with Gasteiger partial charge in [-0.05, 0) is 12.8 Å². The van der Waals surface area contributed by atoms with Crippen molar-refractivity contribution in [3.8, 4) is 12.5 Å². The first kappa shape index (κ1) is 4.52. The summed E-state index contributed by atoms with van der Waals surface area (Å²) in [5, 5.41) is 0. The Labute approximate surface area is 44.3 Å². The van der Waals surface area contributed by atoms with E-state index < -0.39 is 0 Å². The molecule has 1 aliphatic rings. The normalized spacial score (nSPS) is 18.3. The lowest BCUT2D eigenvalue weighted by atomic mass is 10.6. The molecule has 1 fully saturated rings. The van der Waals surface area contributed by atoms with Gasteiger partial charge in [0.15, 0.2) is 0 Å². The fourth-order valence-corrected chi connectivity index (χ4v) is 0.567. The summed E-state index contributed by atoms with van der Waals surface area (Å²) in [6.45, 7) is 0. The zero-order valence-corrected chi connectivity index (χ0v) is 4.52. The second-order valence-electron chi connectivity index (χ2n) is 1.97. The van der Waals surface area contributed by atoms with Crippen molar-refractivity contribution in [3.05, 3.63) is 0 Å². The Morgan fingerprint density at radius 3 is 2.43 bits per heavy atom. The number of terminal acetylenes is 1. The molecule has 0 aliphatic heterocycles. The highest BCUT2D eigenvalue weighted by Crippen LogP contribution is 2.24. The SMILES string of the molecule is C#CN(C)C1CC1. The topological polar surface area (TPSA) is 3.24 Å². The molecule has 0 saturated heterocycles. The summed E-state index contributed by atoms with van der Waals surface area (Å²) >= 11 is 0. The summed E-state index contributed by atoms with van der Waals surface area (Å²) in [6.07, 6.45) is 7.67. The maximum atomic E-state index is 5.09. The van der Waals surface area contributed by atoms with Crippen molar-refractivity contribution in [2.75, 3.05) is 7.05 Å². The Morgan fingerprint density at radius 2 is 2.29 bits per heavy atom. The second-order valence-corrected chi connectivity index (χ2v) is 1.97. The van der Waals surface area contributed by atoms with Crippen LogP contribution in [0, 0.1) is 12.5 Å². The molecule has 0 aromatic carbocycles. The standard InChI is InChI=1S/C6H9N/c1-3-7(2)6-4-5-6/h1,6H,4-5H2,2H3. The maximum Gasteiger partial charge on any atom is 0.0369 e. The van der Waals surface area contributed by atoms with Crippen LogP contribution >= 0.6 is 0 Å². The molecule has 0 bridgehead atoms. The largest absolute Gasteiger partial charge is 0.333 e. The molecule has 0 aromatic heterocycles. The van der Waals surface area contributed by atoms with E-state index in [-0.39, 0.29) is 0 Å². The van der Waals surface area contributed by atoms with Crippen LogP contribution in [0.2, 0.25) is 0 Å². The van der Waals surface area contributed by atoms with Crippen molar-refractivity contribution in [3.63, 3.8) is 0 Å². The Bertz CT molecular complexity index is 97.2. The third-order valence-corrected chi connectivity index (χ3v) is 1.30. The van der Waals surface area contributed by atoms with Crippen molar-refractivity contribution < 1.29 is 0 Å². The van der Waals surface area contributed by atoms with Crippen molar-refractivity contribution >= 4 is 0 Å². The van der Waals surface area contributed by atoms with Gasteiger partial charge in [-0.1, -0.05) is 6.42 Å². The van der Waals surface area contributed by atoms with Gasteiger partial charge in [0.05, 0.1) is 0 Å². The summed E-state index contributed by atoms with van der Waals surface area (Å²) < 4.78 is 0. The number of hydrogen-bond acceptors (Lipinski definition) is 1. The predicted octanol–water partition coefficient (Wildman–Crippen LogP) is 0.671. The van der Waals surface area contributed by atoms with E-state index in [0.717, 1.165) is 0 Å². The third-order valence-electron chi connectivity index (χ3n) is 1.30. The minimum absolute atomic E-state index is 0.713. The fourth-order valence-electron chi connectivity index (χ4n) is 0.567. The molecule has 0 amide bonds. The number of nitrogens with zero attached hydrogens (tertiary/aromatic N) is 1. The molecule has 0 unspecified atom stereocenters. The predicted molar refractivity (Wildman–Crippen MR) is 29.6 cm³/mol. The zero-order chi connectivity index (χ0) is 5.28. The van der Waals surface area contributed by atoms with Gasteiger partial charge in [-0.3, -0.25) is 0 Å². The Balaban J connectivity index is 2.27. The van der Waals surface area contributed by atoms with E-state index >= 15 is 0 Å². The van der Waals surface area contributed by atoms with Crippen LogP contribution in [-0.4, -0.2) is 18.0 Å². The van der Waals surface area contributed by atoms with Gasteiger partial charge in [0.1, 0.15) is 0 Å². The number of rotatable bonds is 1. The maximum absolute atomic E-state index is 5.09. The van der Waals surface area contributed by atoms with Crippen LogP contribution in [0.15, 0.2) is 0 Å². The van der Waals surface area contributed by atoms with E-state index in [1.165, 1.54) is 12.8 Å². The molecule has 0 radical (unpaired) electrons. The van der Waals surface area contributed by atoms with E-state index in [0.29, 0.717) is 6.04 Å². The molecule has 1 rings (SSSR count). The summed E-state index contributed by atoms with van der Waals surface area (Å²) in [4.78, 5) is 1.93.